The largest absolute Gasteiger partial charge is 0.497 e. The van der Waals surface area contributed by atoms with Crippen LogP contribution in [0.25, 0.3) is 0 Å². The number of nitrogens with zero attached hydrogens (tertiary/aromatic N) is 2. The first kappa shape index (κ1) is 22.6. The molecule has 1 aliphatic heterocycles. The van der Waals surface area contributed by atoms with E-state index in [-0.39, 0.29) is 10.8 Å². The molecule has 1 aromatic heterocycles. The van der Waals surface area contributed by atoms with E-state index >= 15 is 0 Å². The van der Waals surface area contributed by atoms with E-state index in [1.807, 2.05) is 12.1 Å². The molecule has 172 valence electrons. The zero-order valence-corrected chi connectivity index (χ0v) is 19.1. The van der Waals surface area contributed by atoms with Crippen LogP contribution in [0.1, 0.15) is 29.6 Å². The number of aromatic nitrogens is 1. The lowest BCUT2D eigenvalue weighted by Crippen LogP contribution is -2.30. The van der Waals surface area contributed by atoms with Crippen LogP contribution in [-0.2, 0) is 10.0 Å². The zero-order valence-electron chi connectivity index (χ0n) is 18.3. The SMILES string of the molecule is COc1ccc(NS(=O)(=O)c2ccc(C(=O)Nc3ccc(N4CCCCC4)nc3)cc2)cc1. The van der Waals surface area contributed by atoms with Gasteiger partial charge in [-0.25, -0.2) is 13.4 Å². The third-order valence-corrected chi connectivity index (χ3v) is 6.85. The number of methoxy groups -OCH3 is 1. The summed E-state index contributed by atoms with van der Waals surface area (Å²) in [4.78, 5) is 19.4. The lowest BCUT2D eigenvalue weighted by molar-refractivity contribution is 0.102. The van der Waals surface area contributed by atoms with E-state index in [0.717, 1.165) is 18.9 Å². The number of pyridine rings is 1. The van der Waals surface area contributed by atoms with Gasteiger partial charge < -0.3 is 15.0 Å². The molecule has 2 heterocycles. The molecule has 0 atom stereocenters. The van der Waals surface area contributed by atoms with Gasteiger partial charge in [0.1, 0.15) is 11.6 Å². The van der Waals surface area contributed by atoms with E-state index in [1.54, 1.807) is 30.5 Å². The highest BCUT2D eigenvalue weighted by atomic mass is 32.2. The summed E-state index contributed by atoms with van der Waals surface area (Å²) in [5.41, 5.74) is 1.34. The van der Waals surface area contributed by atoms with Crippen LogP contribution in [0.15, 0.2) is 71.8 Å². The first-order chi connectivity index (χ1) is 15.9. The van der Waals surface area contributed by atoms with Crippen molar-refractivity contribution in [2.24, 2.45) is 0 Å². The van der Waals surface area contributed by atoms with Crippen molar-refractivity contribution < 1.29 is 17.9 Å². The molecule has 0 radical (unpaired) electrons. The van der Waals surface area contributed by atoms with E-state index in [9.17, 15) is 13.2 Å². The Labute approximate surface area is 193 Å². The van der Waals surface area contributed by atoms with Crippen LogP contribution in [0.4, 0.5) is 17.2 Å². The lowest BCUT2D eigenvalue weighted by Gasteiger charge is -2.27. The van der Waals surface area contributed by atoms with Gasteiger partial charge in [-0.15, -0.1) is 0 Å². The number of nitrogens with one attached hydrogen (secondary N) is 2. The van der Waals surface area contributed by atoms with Crippen molar-refractivity contribution in [3.8, 4) is 5.75 Å². The van der Waals surface area contributed by atoms with Gasteiger partial charge in [-0.05, 0) is 79.9 Å². The average Bonchev–Trinajstić information content (AvgIpc) is 2.85. The van der Waals surface area contributed by atoms with Gasteiger partial charge in [0.05, 0.1) is 23.9 Å². The predicted molar refractivity (Wildman–Crippen MR) is 128 cm³/mol. The van der Waals surface area contributed by atoms with Gasteiger partial charge in [0, 0.05) is 24.3 Å². The third kappa shape index (κ3) is 5.61. The van der Waals surface area contributed by atoms with Crippen molar-refractivity contribution in [3.05, 3.63) is 72.4 Å². The molecule has 8 nitrogen and oxygen atoms in total. The molecule has 4 rings (SSSR count). The van der Waals surface area contributed by atoms with Crippen molar-refractivity contribution in [3.63, 3.8) is 0 Å². The maximum Gasteiger partial charge on any atom is 0.261 e. The Balaban J connectivity index is 1.39. The van der Waals surface area contributed by atoms with Gasteiger partial charge in [-0.2, -0.15) is 0 Å². The molecule has 0 spiro atoms. The molecule has 9 heteroatoms. The fraction of sp³-hybridized carbons (Fsp3) is 0.250. The number of carbonyl (C=O) groups excluding carboxylic acids is 1. The van der Waals surface area contributed by atoms with Crippen LogP contribution in [0.2, 0.25) is 0 Å². The number of piperidine rings is 1. The van der Waals surface area contributed by atoms with E-state index in [1.165, 1.54) is 50.6 Å². The fourth-order valence-corrected chi connectivity index (χ4v) is 4.69. The number of sulfonamides is 1. The summed E-state index contributed by atoms with van der Waals surface area (Å²) in [5.74, 6) is 1.20. The average molecular weight is 467 g/mol. The van der Waals surface area contributed by atoms with E-state index in [0.29, 0.717) is 22.7 Å². The van der Waals surface area contributed by atoms with Crippen LogP contribution in [-0.4, -0.2) is 39.5 Å². The molecule has 1 fully saturated rings. The molecule has 3 aromatic rings. The summed E-state index contributed by atoms with van der Waals surface area (Å²) in [7, 11) is -2.25. The fourth-order valence-electron chi connectivity index (χ4n) is 3.63. The summed E-state index contributed by atoms with van der Waals surface area (Å²) in [6.45, 7) is 2.00. The molecular weight excluding hydrogens is 440 g/mol. The summed E-state index contributed by atoms with van der Waals surface area (Å²) in [6, 6.07) is 16.1. The Morgan fingerprint density at radius 3 is 2.18 bits per heavy atom. The Morgan fingerprint density at radius 2 is 1.58 bits per heavy atom. The highest BCUT2D eigenvalue weighted by Crippen LogP contribution is 2.21. The Hall–Kier alpha value is -3.59. The van der Waals surface area contributed by atoms with E-state index in [4.69, 9.17) is 4.74 Å². The lowest BCUT2D eigenvalue weighted by atomic mass is 10.1. The summed E-state index contributed by atoms with van der Waals surface area (Å²) >= 11 is 0. The normalized spacial score (nSPS) is 13.9. The molecule has 0 saturated carbocycles. The molecule has 2 N–H and O–H groups in total. The third-order valence-electron chi connectivity index (χ3n) is 5.45. The van der Waals surface area contributed by atoms with Gasteiger partial charge in [0.25, 0.3) is 15.9 Å². The van der Waals surface area contributed by atoms with E-state index < -0.39 is 10.0 Å². The van der Waals surface area contributed by atoms with Gasteiger partial charge in [-0.3, -0.25) is 9.52 Å². The first-order valence-electron chi connectivity index (χ1n) is 10.7. The molecule has 33 heavy (non-hydrogen) atoms. The monoisotopic (exact) mass is 466 g/mol. The minimum atomic E-state index is -3.79. The molecule has 1 amide bonds. The summed E-state index contributed by atoms with van der Waals surface area (Å²) in [6.07, 6.45) is 5.23. The number of anilines is 3. The molecule has 0 unspecified atom stereocenters. The van der Waals surface area contributed by atoms with Gasteiger partial charge in [-0.1, -0.05) is 0 Å². The van der Waals surface area contributed by atoms with Crippen molar-refractivity contribution >= 4 is 33.1 Å². The Bertz CT molecular complexity index is 1190. The number of carbonyl (C=O) groups is 1. The molecule has 1 saturated heterocycles. The van der Waals surface area contributed by atoms with Gasteiger partial charge in [0.15, 0.2) is 0 Å². The maximum atomic E-state index is 12.6. The quantitative estimate of drug-likeness (QED) is 0.543. The van der Waals surface area contributed by atoms with Crippen molar-refractivity contribution in [2.75, 3.05) is 35.1 Å². The number of hydrogen-bond donors (Lipinski definition) is 2. The number of rotatable bonds is 7. The Kier molecular flexibility index (Phi) is 6.79. The second kappa shape index (κ2) is 9.91. The second-order valence-electron chi connectivity index (χ2n) is 7.77. The second-order valence-corrected chi connectivity index (χ2v) is 9.45. The van der Waals surface area contributed by atoms with Crippen molar-refractivity contribution in [2.45, 2.75) is 24.2 Å². The number of hydrogen-bond acceptors (Lipinski definition) is 6. The topological polar surface area (TPSA) is 101 Å². The van der Waals surface area contributed by atoms with Crippen LogP contribution >= 0.6 is 0 Å². The first-order valence-corrected chi connectivity index (χ1v) is 12.2. The van der Waals surface area contributed by atoms with Crippen molar-refractivity contribution in [1.29, 1.82) is 0 Å². The Morgan fingerprint density at radius 1 is 0.909 bits per heavy atom. The molecule has 2 aromatic carbocycles. The predicted octanol–water partition coefficient (Wildman–Crippen LogP) is 4.13. The van der Waals surface area contributed by atoms with Crippen LogP contribution in [0, 0.1) is 0 Å². The summed E-state index contributed by atoms with van der Waals surface area (Å²) < 4.78 is 32.9. The zero-order chi connectivity index (χ0) is 23.3. The highest BCUT2D eigenvalue weighted by Gasteiger charge is 2.16. The summed E-state index contributed by atoms with van der Waals surface area (Å²) in [5, 5.41) is 2.80. The standard InChI is InChI=1S/C24H26N4O4S/c1-32-21-10-7-19(8-11-21)27-33(30,31)22-12-5-18(6-13-22)24(29)26-20-9-14-23(25-17-20)28-15-3-2-4-16-28/h5-14,17,27H,2-4,15-16H2,1H3,(H,26,29). The number of amides is 1. The number of benzene rings is 2. The molecule has 0 aliphatic carbocycles. The highest BCUT2D eigenvalue weighted by molar-refractivity contribution is 7.92. The van der Waals surface area contributed by atoms with Gasteiger partial charge in [0.2, 0.25) is 0 Å². The minimum absolute atomic E-state index is 0.0578. The maximum absolute atomic E-state index is 12.6. The molecule has 0 bridgehead atoms. The van der Waals surface area contributed by atoms with Gasteiger partial charge >= 0.3 is 0 Å². The van der Waals surface area contributed by atoms with Crippen LogP contribution in [0.5, 0.6) is 5.75 Å². The van der Waals surface area contributed by atoms with E-state index in [2.05, 4.69) is 19.9 Å². The molecular formula is C24H26N4O4S. The molecule has 1 aliphatic rings. The van der Waals surface area contributed by atoms with Crippen molar-refractivity contribution in [1.82, 2.24) is 4.98 Å². The number of ether oxygens (including phenoxy) is 1. The van der Waals surface area contributed by atoms with Crippen LogP contribution < -0.4 is 19.7 Å². The minimum Gasteiger partial charge on any atom is -0.497 e. The van der Waals surface area contributed by atoms with Crippen LogP contribution in [0.3, 0.4) is 0 Å². The smallest absolute Gasteiger partial charge is 0.261 e.